The zero-order valence-corrected chi connectivity index (χ0v) is 13.5. The maximum atomic E-state index is 12.3. The quantitative estimate of drug-likeness (QED) is 0.801. The van der Waals surface area contributed by atoms with Gasteiger partial charge in [0.05, 0.1) is 12.3 Å². The Hall–Kier alpha value is -2.16. The van der Waals surface area contributed by atoms with Crippen molar-refractivity contribution in [2.75, 3.05) is 38.2 Å². The molecule has 0 atom stereocenters. The van der Waals surface area contributed by atoms with Crippen molar-refractivity contribution < 1.29 is 19.1 Å². The molecule has 1 aromatic heterocycles. The Morgan fingerprint density at radius 3 is 2.77 bits per heavy atom. The number of thiazole rings is 1. The second-order valence-corrected chi connectivity index (χ2v) is 5.64. The van der Waals surface area contributed by atoms with E-state index >= 15 is 0 Å². The van der Waals surface area contributed by atoms with Crippen LogP contribution in [0.4, 0.5) is 9.93 Å². The first-order valence-corrected chi connectivity index (χ1v) is 7.71. The van der Waals surface area contributed by atoms with Crippen molar-refractivity contribution in [1.82, 2.24) is 15.2 Å². The van der Waals surface area contributed by atoms with Crippen LogP contribution in [-0.4, -0.2) is 61.1 Å². The van der Waals surface area contributed by atoms with Gasteiger partial charge in [0.2, 0.25) is 5.91 Å². The molecular formula is C13H18N4O4S. The number of nitrogens with one attached hydrogen (secondary N) is 1. The predicted octanol–water partition coefficient (Wildman–Crippen LogP) is 0.616. The van der Waals surface area contributed by atoms with E-state index in [9.17, 15) is 14.4 Å². The van der Waals surface area contributed by atoms with Crippen molar-refractivity contribution in [3.05, 3.63) is 10.6 Å². The number of amides is 3. The summed E-state index contributed by atoms with van der Waals surface area (Å²) < 4.78 is 4.96. The lowest BCUT2D eigenvalue weighted by molar-refractivity contribution is -0.121. The fourth-order valence-electron chi connectivity index (χ4n) is 2.04. The Labute approximate surface area is 132 Å². The van der Waals surface area contributed by atoms with Gasteiger partial charge in [-0.3, -0.25) is 9.69 Å². The summed E-state index contributed by atoms with van der Waals surface area (Å²) in [6.45, 7) is 4.62. The van der Waals surface area contributed by atoms with Gasteiger partial charge >= 0.3 is 12.0 Å². The number of aromatic nitrogens is 1. The highest BCUT2D eigenvalue weighted by atomic mass is 32.1. The van der Waals surface area contributed by atoms with Gasteiger partial charge in [-0.1, -0.05) is 11.3 Å². The molecule has 120 valence electrons. The van der Waals surface area contributed by atoms with E-state index in [2.05, 4.69) is 10.3 Å². The third kappa shape index (κ3) is 3.19. The number of likely N-dealkylation sites (N-methyl/N-ethyl adjacent to an activating group) is 1. The Kier molecular flexibility index (Phi) is 4.96. The van der Waals surface area contributed by atoms with E-state index < -0.39 is 5.97 Å². The van der Waals surface area contributed by atoms with E-state index in [-0.39, 0.29) is 25.1 Å². The average Bonchev–Trinajstić information content (AvgIpc) is 3.03. The molecule has 1 aliphatic rings. The van der Waals surface area contributed by atoms with Crippen LogP contribution in [0.3, 0.4) is 0 Å². The average molecular weight is 326 g/mol. The topological polar surface area (TPSA) is 91.8 Å². The predicted molar refractivity (Wildman–Crippen MR) is 81.2 cm³/mol. The first-order valence-electron chi connectivity index (χ1n) is 6.89. The Balaban J connectivity index is 2.13. The van der Waals surface area contributed by atoms with Gasteiger partial charge in [0.15, 0.2) is 5.13 Å². The van der Waals surface area contributed by atoms with Crippen LogP contribution in [0.2, 0.25) is 0 Å². The van der Waals surface area contributed by atoms with Gasteiger partial charge in [0.1, 0.15) is 11.4 Å². The first kappa shape index (κ1) is 16.2. The summed E-state index contributed by atoms with van der Waals surface area (Å²) >= 11 is 1.13. The fraction of sp³-hybridized carbons (Fsp3) is 0.538. The lowest BCUT2D eigenvalue weighted by Crippen LogP contribution is -2.38. The SMILES string of the molecule is CCOC(=O)c1sc(N2CCN(CC(=O)NC)C2=O)nc1C. The summed E-state index contributed by atoms with van der Waals surface area (Å²) in [6, 6.07) is -0.284. The van der Waals surface area contributed by atoms with Gasteiger partial charge in [0.25, 0.3) is 0 Å². The van der Waals surface area contributed by atoms with Gasteiger partial charge in [-0.25, -0.2) is 14.6 Å². The molecule has 0 aliphatic carbocycles. The molecule has 9 heteroatoms. The number of urea groups is 1. The van der Waals surface area contributed by atoms with Crippen molar-refractivity contribution in [3.63, 3.8) is 0 Å². The molecule has 22 heavy (non-hydrogen) atoms. The number of aryl methyl sites for hydroxylation is 1. The highest BCUT2D eigenvalue weighted by Crippen LogP contribution is 2.29. The van der Waals surface area contributed by atoms with Crippen molar-refractivity contribution in [1.29, 1.82) is 0 Å². The summed E-state index contributed by atoms with van der Waals surface area (Å²) in [4.78, 5) is 43.1. The maximum Gasteiger partial charge on any atom is 0.350 e. The number of ether oxygens (including phenoxy) is 1. The fourth-order valence-corrected chi connectivity index (χ4v) is 3.02. The van der Waals surface area contributed by atoms with Crippen LogP contribution in [0, 0.1) is 6.92 Å². The second-order valence-electron chi connectivity index (χ2n) is 4.66. The molecule has 2 rings (SSSR count). The van der Waals surface area contributed by atoms with Gasteiger partial charge < -0.3 is 15.0 Å². The third-order valence-electron chi connectivity index (χ3n) is 3.19. The van der Waals surface area contributed by atoms with E-state index in [4.69, 9.17) is 4.74 Å². The number of hydrogen-bond acceptors (Lipinski definition) is 6. The largest absolute Gasteiger partial charge is 0.462 e. The van der Waals surface area contributed by atoms with Gasteiger partial charge in [-0.05, 0) is 13.8 Å². The molecule has 0 aromatic carbocycles. The van der Waals surface area contributed by atoms with Crippen molar-refractivity contribution in [3.8, 4) is 0 Å². The minimum absolute atomic E-state index is 0.0148. The Morgan fingerprint density at radius 2 is 2.14 bits per heavy atom. The number of nitrogens with zero attached hydrogens (tertiary/aromatic N) is 3. The molecule has 0 bridgehead atoms. The minimum atomic E-state index is -0.433. The first-order chi connectivity index (χ1) is 10.5. The summed E-state index contributed by atoms with van der Waals surface area (Å²) in [6.07, 6.45) is 0. The van der Waals surface area contributed by atoms with Crippen molar-refractivity contribution in [2.24, 2.45) is 0 Å². The molecule has 3 amide bonds. The highest BCUT2D eigenvalue weighted by molar-refractivity contribution is 7.17. The standard InChI is InChI=1S/C13H18N4O4S/c1-4-21-11(19)10-8(2)15-12(22-10)17-6-5-16(13(17)20)7-9(18)14-3/h4-7H2,1-3H3,(H,14,18). The van der Waals surface area contributed by atoms with Crippen LogP contribution in [0.15, 0.2) is 0 Å². The van der Waals surface area contributed by atoms with Gasteiger partial charge in [-0.2, -0.15) is 0 Å². The molecule has 1 saturated heterocycles. The highest BCUT2D eigenvalue weighted by Gasteiger charge is 2.33. The smallest absolute Gasteiger partial charge is 0.350 e. The zero-order chi connectivity index (χ0) is 16.3. The monoisotopic (exact) mass is 326 g/mol. The molecule has 1 fully saturated rings. The van der Waals surface area contributed by atoms with E-state index in [0.717, 1.165) is 11.3 Å². The van der Waals surface area contributed by atoms with Crippen molar-refractivity contribution in [2.45, 2.75) is 13.8 Å². The molecule has 1 aromatic rings. The van der Waals surface area contributed by atoms with Gasteiger partial charge in [0, 0.05) is 20.1 Å². The van der Waals surface area contributed by atoms with E-state index in [1.54, 1.807) is 13.8 Å². The van der Waals surface area contributed by atoms with Crippen LogP contribution in [-0.2, 0) is 9.53 Å². The van der Waals surface area contributed by atoms with Crippen LogP contribution in [0.1, 0.15) is 22.3 Å². The number of hydrogen-bond donors (Lipinski definition) is 1. The number of esters is 1. The van der Waals surface area contributed by atoms with Gasteiger partial charge in [-0.15, -0.1) is 0 Å². The summed E-state index contributed by atoms with van der Waals surface area (Å²) in [7, 11) is 1.52. The maximum absolute atomic E-state index is 12.3. The van der Waals surface area contributed by atoms with Crippen molar-refractivity contribution >= 4 is 34.4 Å². The molecule has 0 radical (unpaired) electrons. The summed E-state index contributed by atoms with van der Waals surface area (Å²) in [5.74, 6) is -0.657. The summed E-state index contributed by atoms with van der Waals surface area (Å²) in [5.41, 5.74) is 0.538. The molecule has 0 saturated carbocycles. The van der Waals surface area contributed by atoms with Crippen LogP contribution >= 0.6 is 11.3 Å². The van der Waals surface area contributed by atoms with E-state index in [1.807, 2.05) is 0 Å². The Morgan fingerprint density at radius 1 is 1.41 bits per heavy atom. The lowest BCUT2D eigenvalue weighted by atomic mass is 10.4. The van der Waals surface area contributed by atoms with Crippen LogP contribution < -0.4 is 10.2 Å². The Bertz CT molecular complexity index is 601. The molecular weight excluding hydrogens is 308 g/mol. The molecule has 1 N–H and O–H groups in total. The zero-order valence-electron chi connectivity index (χ0n) is 12.7. The number of carbonyl (C=O) groups is 3. The molecule has 1 aliphatic heterocycles. The van der Waals surface area contributed by atoms with E-state index in [0.29, 0.717) is 28.8 Å². The number of rotatable bonds is 5. The molecule has 2 heterocycles. The molecule has 0 unspecified atom stereocenters. The van der Waals surface area contributed by atoms with E-state index in [1.165, 1.54) is 16.8 Å². The lowest BCUT2D eigenvalue weighted by Gasteiger charge is -2.15. The van der Waals surface area contributed by atoms with Crippen LogP contribution in [0.5, 0.6) is 0 Å². The third-order valence-corrected chi connectivity index (χ3v) is 4.35. The van der Waals surface area contributed by atoms with Crippen LogP contribution in [0.25, 0.3) is 0 Å². The number of carbonyl (C=O) groups excluding carboxylic acids is 3. The second kappa shape index (κ2) is 6.73. The minimum Gasteiger partial charge on any atom is -0.462 e. The molecule has 8 nitrogen and oxygen atoms in total. The summed E-state index contributed by atoms with van der Waals surface area (Å²) in [5, 5.41) is 2.93. The number of anilines is 1. The molecule has 0 spiro atoms. The normalized spacial score (nSPS) is 14.4.